The zero-order chi connectivity index (χ0) is 14.0. The average Bonchev–Trinajstić information content (AvgIpc) is 2.36. The molecule has 1 unspecified atom stereocenters. The van der Waals surface area contributed by atoms with Crippen LogP contribution in [0.2, 0.25) is 0 Å². The van der Waals surface area contributed by atoms with Crippen molar-refractivity contribution >= 4 is 23.2 Å². The van der Waals surface area contributed by atoms with Crippen molar-refractivity contribution in [1.29, 1.82) is 0 Å². The molecule has 102 valence electrons. The number of likely N-dealkylation sites (N-methyl/N-ethyl adjacent to an activating group) is 1. The minimum absolute atomic E-state index is 0.160. The summed E-state index contributed by atoms with van der Waals surface area (Å²) in [6.45, 7) is 0.648. The van der Waals surface area contributed by atoms with E-state index in [9.17, 15) is 9.59 Å². The fourth-order valence-electron chi connectivity index (χ4n) is 2.23. The van der Waals surface area contributed by atoms with Gasteiger partial charge in [0, 0.05) is 37.4 Å². The van der Waals surface area contributed by atoms with E-state index >= 15 is 0 Å². The van der Waals surface area contributed by atoms with E-state index in [0.29, 0.717) is 24.2 Å². The van der Waals surface area contributed by atoms with Crippen molar-refractivity contribution in [3.05, 3.63) is 23.8 Å². The van der Waals surface area contributed by atoms with Crippen LogP contribution in [0.5, 0.6) is 0 Å². The summed E-state index contributed by atoms with van der Waals surface area (Å²) in [4.78, 5) is 24.3. The Bertz CT molecular complexity index is 515. The molecule has 0 radical (unpaired) electrons. The highest BCUT2D eigenvalue weighted by atomic mass is 16.2. The van der Waals surface area contributed by atoms with Gasteiger partial charge in [0.1, 0.15) is 0 Å². The van der Waals surface area contributed by atoms with Crippen molar-refractivity contribution in [2.24, 2.45) is 5.73 Å². The molecule has 1 aliphatic rings. The number of piperidine rings is 1. The average molecular weight is 262 g/mol. The number of hydrogen-bond acceptors (Lipinski definition) is 4. The quantitative estimate of drug-likeness (QED) is 0.686. The molecule has 1 aromatic carbocycles. The van der Waals surface area contributed by atoms with Gasteiger partial charge in [0.25, 0.3) is 5.91 Å². The molecule has 1 fully saturated rings. The monoisotopic (exact) mass is 262 g/mol. The largest absolute Gasteiger partial charge is 0.398 e. The SMILES string of the molecule is CN1CC(Nc2ccc(N)c(C(N)=O)c2)CCC1=O. The molecule has 0 saturated carbocycles. The Labute approximate surface area is 111 Å². The predicted molar refractivity (Wildman–Crippen MR) is 73.7 cm³/mol. The highest BCUT2D eigenvalue weighted by Crippen LogP contribution is 2.20. The standard InChI is InChI=1S/C13H18N4O2/c1-17-7-9(3-5-12(17)18)16-8-2-4-11(14)10(6-8)13(15)19/h2,4,6,9,16H,3,5,7,14H2,1H3,(H2,15,19). The predicted octanol–water partition coefficient (Wildman–Crippen LogP) is 0.400. The second-order valence-electron chi connectivity index (χ2n) is 4.82. The molecule has 19 heavy (non-hydrogen) atoms. The summed E-state index contributed by atoms with van der Waals surface area (Å²) in [6.07, 6.45) is 1.31. The topological polar surface area (TPSA) is 101 Å². The Hall–Kier alpha value is -2.24. The molecule has 1 atom stereocenters. The maximum atomic E-state index is 11.4. The second-order valence-corrected chi connectivity index (χ2v) is 4.82. The number of anilines is 2. The number of primary amides is 1. The number of nitrogens with two attached hydrogens (primary N) is 2. The Morgan fingerprint density at radius 1 is 1.47 bits per heavy atom. The van der Waals surface area contributed by atoms with Gasteiger partial charge in [-0.15, -0.1) is 0 Å². The number of nitrogens with zero attached hydrogens (tertiary/aromatic N) is 1. The number of likely N-dealkylation sites (tertiary alicyclic amines) is 1. The van der Waals surface area contributed by atoms with E-state index in [0.717, 1.165) is 12.1 Å². The molecule has 5 N–H and O–H groups in total. The number of amides is 2. The summed E-state index contributed by atoms with van der Waals surface area (Å²) < 4.78 is 0. The fraction of sp³-hybridized carbons (Fsp3) is 0.385. The minimum atomic E-state index is -0.544. The van der Waals surface area contributed by atoms with E-state index in [1.807, 2.05) is 0 Å². The lowest BCUT2D eigenvalue weighted by Gasteiger charge is -2.30. The van der Waals surface area contributed by atoms with Crippen molar-refractivity contribution in [2.75, 3.05) is 24.6 Å². The molecule has 0 bridgehead atoms. The highest BCUT2D eigenvalue weighted by Gasteiger charge is 2.22. The molecular formula is C13H18N4O2. The third kappa shape index (κ3) is 2.96. The smallest absolute Gasteiger partial charge is 0.250 e. The van der Waals surface area contributed by atoms with Gasteiger partial charge in [-0.05, 0) is 24.6 Å². The number of nitrogen functional groups attached to an aromatic ring is 1. The van der Waals surface area contributed by atoms with Crippen LogP contribution in [-0.2, 0) is 4.79 Å². The molecule has 2 amide bonds. The highest BCUT2D eigenvalue weighted by molar-refractivity contribution is 5.99. The van der Waals surface area contributed by atoms with Crippen molar-refractivity contribution in [1.82, 2.24) is 4.90 Å². The zero-order valence-corrected chi connectivity index (χ0v) is 10.8. The van der Waals surface area contributed by atoms with Gasteiger partial charge < -0.3 is 21.7 Å². The van der Waals surface area contributed by atoms with Crippen LogP contribution < -0.4 is 16.8 Å². The van der Waals surface area contributed by atoms with E-state index in [1.165, 1.54) is 0 Å². The normalized spacial score (nSPS) is 19.3. The van der Waals surface area contributed by atoms with Crippen LogP contribution in [0, 0.1) is 0 Å². The first-order valence-electron chi connectivity index (χ1n) is 6.17. The maximum Gasteiger partial charge on any atom is 0.250 e. The third-order valence-corrected chi connectivity index (χ3v) is 3.32. The molecule has 1 aromatic rings. The third-order valence-electron chi connectivity index (χ3n) is 3.32. The van der Waals surface area contributed by atoms with Gasteiger partial charge in [-0.2, -0.15) is 0 Å². The van der Waals surface area contributed by atoms with Crippen molar-refractivity contribution in [3.63, 3.8) is 0 Å². The molecule has 1 heterocycles. The molecule has 6 nitrogen and oxygen atoms in total. The molecule has 0 aliphatic carbocycles. The van der Waals surface area contributed by atoms with Crippen LogP contribution in [0.25, 0.3) is 0 Å². The molecular weight excluding hydrogens is 244 g/mol. The first-order valence-corrected chi connectivity index (χ1v) is 6.17. The Morgan fingerprint density at radius 2 is 2.21 bits per heavy atom. The van der Waals surface area contributed by atoms with E-state index in [1.54, 1.807) is 30.1 Å². The van der Waals surface area contributed by atoms with Crippen LogP contribution >= 0.6 is 0 Å². The molecule has 6 heteroatoms. The number of hydrogen-bond donors (Lipinski definition) is 3. The lowest BCUT2D eigenvalue weighted by molar-refractivity contribution is -0.132. The Kier molecular flexibility index (Phi) is 3.59. The van der Waals surface area contributed by atoms with Gasteiger partial charge in [-0.1, -0.05) is 0 Å². The number of carbonyl (C=O) groups excluding carboxylic acids is 2. The molecule has 1 saturated heterocycles. The van der Waals surface area contributed by atoms with Crippen LogP contribution in [0.15, 0.2) is 18.2 Å². The first kappa shape index (κ1) is 13.2. The number of nitrogens with one attached hydrogen (secondary N) is 1. The number of rotatable bonds is 3. The van der Waals surface area contributed by atoms with Gasteiger partial charge in [0.05, 0.1) is 5.56 Å². The lowest BCUT2D eigenvalue weighted by Crippen LogP contribution is -2.43. The van der Waals surface area contributed by atoms with E-state index < -0.39 is 5.91 Å². The summed E-state index contributed by atoms with van der Waals surface area (Å²) in [5, 5.41) is 3.30. The van der Waals surface area contributed by atoms with E-state index in [4.69, 9.17) is 11.5 Å². The Balaban J connectivity index is 2.09. The van der Waals surface area contributed by atoms with Gasteiger partial charge in [0.15, 0.2) is 0 Å². The summed E-state index contributed by atoms with van der Waals surface area (Å²) in [7, 11) is 1.79. The maximum absolute atomic E-state index is 11.4. The van der Waals surface area contributed by atoms with Gasteiger partial charge in [-0.25, -0.2) is 0 Å². The second kappa shape index (κ2) is 5.17. The summed E-state index contributed by atoms with van der Waals surface area (Å²) >= 11 is 0. The van der Waals surface area contributed by atoms with Crippen LogP contribution in [0.4, 0.5) is 11.4 Å². The zero-order valence-electron chi connectivity index (χ0n) is 10.8. The lowest BCUT2D eigenvalue weighted by atomic mass is 10.0. The minimum Gasteiger partial charge on any atom is -0.398 e. The first-order chi connectivity index (χ1) is 8.97. The number of benzene rings is 1. The summed E-state index contributed by atoms with van der Waals surface area (Å²) in [6, 6.07) is 5.28. The van der Waals surface area contributed by atoms with Crippen molar-refractivity contribution in [3.8, 4) is 0 Å². The van der Waals surface area contributed by atoms with Crippen molar-refractivity contribution < 1.29 is 9.59 Å². The van der Waals surface area contributed by atoms with Gasteiger partial charge in [-0.3, -0.25) is 9.59 Å². The van der Waals surface area contributed by atoms with Crippen LogP contribution in [0.3, 0.4) is 0 Å². The van der Waals surface area contributed by atoms with Gasteiger partial charge in [0.2, 0.25) is 5.91 Å². The summed E-state index contributed by atoms with van der Waals surface area (Å²) in [5.41, 5.74) is 12.4. The van der Waals surface area contributed by atoms with E-state index in [-0.39, 0.29) is 11.9 Å². The molecule has 0 spiro atoms. The number of carbonyl (C=O) groups is 2. The fourth-order valence-corrected chi connectivity index (χ4v) is 2.23. The van der Waals surface area contributed by atoms with Gasteiger partial charge >= 0.3 is 0 Å². The van der Waals surface area contributed by atoms with E-state index in [2.05, 4.69) is 5.32 Å². The van der Waals surface area contributed by atoms with Crippen LogP contribution in [-0.4, -0.2) is 36.3 Å². The molecule has 2 rings (SSSR count). The Morgan fingerprint density at radius 3 is 2.84 bits per heavy atom. The molecule has 1 aliphatic heterocycles. The summed E-state index contributed by atoms with van der Waals surface area (Å²) in [5.74, 6) is -0.384. The molecule has 0 aromatic heterocycles. The van der Waals surface area contributed by atoms with Crippen molar-refractivity contribution in [2.45, 2.75) is 18.9 Å². The van der Waals surface area contributed by atoms with Crippen LogP contribution in [0.1, 0.15) is 23.2 Å².